The summed E-state index contributed by atoms with van der Waals surface area (Å²) in [6.45, 7) is 5.89. The number of carbonyl (C=O) groups excluding carboxylic acids is 1. The first-order valence-corrected chi connectivity index (χ1v) is 9.60. The van der Waals surface area contributed by atoms with Gasteiger partial charge in [0.2, 0.25) is 0 Å². The molecule has 4 heteroatoms. The lowest BCUT2D eigenvalue weighted by atomic mass is 9.41. The van der Waals surface area contributed by atoms with Crippen LogP contribution in [-0.4, -0.2) is 27.6 Å². The Bertz CT molecular complexity index is 611. The summed E-state index contributed by atoms with van der Waals surface area (Å²) in [5, 5.41) is 20.7. The molecule has 24 heavy (non-hydrogen) atoms. The SMILES string of the molecule is C[C@@]12CCC[C@@](C)(C(=O)O)[C@H]1CC[C@@]13C[C@@H](CC[C@H]12)[C@](C)(O)C3=O. The lowest BCUT2D eigenvalue weighted by Gasteiger charge is -2.62. The normalized spacial score (nSPS) is 56.5. The Balaban J connectivity index is 1.79. The highest BCUT2D eigenvalue weighted by atomic mass is 16.4. The minimum Gasteiger partial charge on any atom is -0.481 e. The zero-order valence-corrected chi connectivity index (χ0v) is 15.1. The van der Waals surface area contributed by atoms with E-state index in [1.54, 1.807) is 6.92 Å². The summed E-state index contributed by atoms with van der Waals surface area (Å²) in [4.78, 5) is 25.3. The predicted molar refractivity (Wildman–Crippen MR) is 89.3 cm³/mol. The molecule has 1 spiro atoms. The van der Waals surface area contributed by atoms with Gasteiger partial charge in [0.25, 0.3) is 0 Å². The van der Waals surface area contributed by atoms with Crippen LogP contribution in [0.15, 0.2) is 0 Å². The average molecular weight is 334 g/mol. The number of fused-ring (bicyclic) bond motifs is 3. The van der Waals surface area contributed by atoms with Gasteiger partial charge in [-0.15, -0.1) is 0 Å². The van der Waals surface area contributed by atoms with E-state index >= 15 is 0 Å². The van der Waals surface area contributed by atoms with Crippen LogP contribution >= 0.6 is 0 Å². The lowest BCUT2D eigenvalue weighted by molar-refractivity contribution is -0.183. The summed E-state index contributed by atoms with van der Waals surface area (Å²) >= 11 is 0. The number of hydrogen-bond acceptors (Lipinski definition) is 3. The average Bonchev–Trinajstić information content (AvgIpc) is 2.65. The number of carbonyl (C=O) groups is 2. The number of carboxylic acid groups (broad SMARTS) is 1. The van der Waals surface area contributed by atoms with Gasteiger partial charge in [-0.25, -0.2) is 0 Å². The Hall–Kier alpha value is -0.900. The summed E-state index contributed by atoms with van der Waals surface area (Å²) in [6, 6.07) is 0. The number of hydrogen-bond donors (Lipinski definition) is 2. The standard InChI is InChI=1S/C20H30O4/c1-17-8-4-9-18(2,16(22)23)13(17)7-10-20-11-12(5-6-14(17)20)19(3,24)15(20)21/h12-14,24H,4-11H2,1-3H3,(H,22,23)/t12-,13+,14+,17-,18-,19+,20-/m1/s1. The third kappa shape index (κ3) is 1.69. The Kier molecular flexibility index (Phi) is 3.19. The van der Waals surface area contributed by atoms with Gasteiger partial charge in [-0.1, -0.05) is 13.3 Å². The summed E-state index contributed by atoms with van der Waals surface area (Å²) in [6.07, 6.45) is 6.96. The zero-order valence-electron chi connectivity index (χ0n) is 15.1. The Morgan fingerprint density at radius 3 is 2.42 bits per heavy atom. The maximum Gasteiger partial charge on any atom is 0.309 e. The molecule has 0 aromatic rings. The number of Topliss-reactive ketones (excluding diaryl/α,β-unsaturated/α-hetero) is 1. The van der Waals surface area contributed by atoms with Crippen molar-refractivity contribution in [1.29, 1.82) is 0 Å². The van der Waals surface area contributed by atoms with Crippen LogP contribution in [0, 0.1) is 34.0 Å². The third-order valence-corrected chi connectivity index (χ3v) is 8.93. The molecular weight excluding hydrogens is 304 g/mol. The molecule has 4 saturated carbocycles. The van der Waals surface area contributed by atoms with Gasteiger partial charge in [-0.05, 0) is 82.0 Å². The molecule has 2 N–H and O–H groups in total. The largest absolute Gasteiger partial charge is 0.481 e. The van der Waals surface area contributed by atoms with Crippen LogP contribution in [-0.2, 0) is 9.59 Å². The van der Waals surface area contributed by atoms with Crippen molar-refractivity contribution in [3.05, 3.63) is 0 Å². The second-order valence-corrected chi connectivity index (χ2v) is 9.84. The highest BCUT2D eigenvalue weighted by molar-refractivity contribution is 5.95. The Morgan fingerprint density at radius 2 is 1.75 bits per heavy atom. The fraction of sp³-hybridized carbons (Fsp3) is 0.900. The molecule has 4 nitrogen and oxygen atoms in total. The topological polar surface area (TPSA) is 74.6 Å². The molecule has 7 atom stereocenters. The molecule has 0 amide bonds. The molecule has 0 aromatic heterocycles. The fourth-order valence-corrected chi connectivity index (χ4v) is 7.74. The Labute approximate surface area is 144 Å². The minimum absolute atomic E-state index is 0.0600. The van der Waals surface area contributed by atoms with E-state index in [9.17, 15) is 19.8 Å². The number of carboxylic acids is 1. The van der Waals surface area contributed by atoms with Gasteiger partial charge < -0.3 is 10.2 Å². The molecular formula is C20H30O4. The molecule has 134 valence electrons. The zero-order chi connectivity index (χ0) is 17.5. The smallest absolute Gasteiger partial charge is 0.309 e. The van der Waals surface area contributed by atoms with Gasteiger partial charge in [-0.3, -0.25) is 9.59 Å². The monoisotopic (exact) mass is 334 g/mol. The lowest BCUT2D eigenvalue weighted by Crippen LogP contribution is -2.60. The van der Waals surface area contributed by atoms with Gasteiger partial charge in [-0.2, -0.15) is 0 Å². The molecule has 0 radical (unpaired) electrons. The second kappa shape index (κ2) is 4.63. The van der Waals surface area contributed by atoms with Crippen molar-refractivity contribution < 1.29 is 19.8 Å². The van der Waals surface area contributed by atoms with Gasteiger partial charge in [0.1, 0.15) is 5.60 Å². The predicted octanol–water partition coefficient (Wildman–Crippen LogP) is 3.41. The first-order chi connectivity index (χ1) is 11.1. The van der Waals surface area contributed by atoms with Crippen molar-refractivity contribution in [2.24, 2.45) is 34.0 Å². The van der Waals surface area contributed by atoms with Crippen molar-refractivity contribution in [3.8, 4) is 0 Å². The molecule has 0 heterocycles. The van der Waals surface area contributed by atoms with E-state index in [2.05, 4.69) is 6.92 Å². The van der Waals surface area contributed by atoms with Gasteiger partial charge >= 0.3 is 5.97 Å². The van der Waals surface area contributed by atoms with E-state index in [-0.39, 0.29) is 29.0 Å². The quantitative estimate of drug-likeness (QED) is 0.770. The van der Waals surface area contributed by atoms with Crippen LogP contribution in [0.25, 0.3) is 0 Å². The molecule has 0 unspecified atom stereocenters. The van der Waals surface area contributed by atoms with Crippen LogP contribution in [0.1, 0.15) is 72.1 Å². The van der Waals surface area contributed by atoms with Gasteiger partial charge in [0, 0.05) is 5.41 Å². The molecule has 2 bridgehead atoms. The van der Waals surface area contributed by atoms with E-state index in [1.165, 1.54) is 0 Å². The number of ketones is 1. The van der Waals surface area contributed by atoms with Crippen molar-refractivity contribution >= 4 is 11.8 Å². The van der Waals surface area contributed by atoms with Crippen LogP contribution in [0.5, 0.6) is 0 Å². The molecule has 4 fully saturated rings. The number of aliphatic carboxylic acids is 1. The van der Waals surface area contributed by atoms with E-state index in [0.29, 0.717) is 0 Å². The number of rotatable bonds is 1. The van der Waals surface area contributed by atoms with Gasteiger partial charge in [0.05, 0.1) is 5.41 Å². The summed E-state index contributed by atoms with van der Waals surface area (Å²) < 4.78 is 0. The van der Waals surface area contributed by atoms with Crippen molar-refractivity contribution in [1.82, 2.24) is 0 Å². The second-order valence-electron chi connectivity index (χ2n) is 9.84. The molecule has 4 aliphatic rings. The van der Waals surface area contributed by atoms with Gasteiger partial charge in [0.15, 0.2) is 5.78 Å². The van der Waals surface area contributed by atoms with Crippen molar-refractivity contribution in [3.63, 3.8) is 0 Å². The van der Waals surface area contributed by atoms with E-state index in [0.717, 1.165) is 51.4 Å². The van der Waals surface area contributed by atoms with Crippen LogP contribution in [0.2, 0.25) is 0 Å². The van der Waals surface area contributed by atoms with Crippen LogP contribution in [0.4, 0.5) is 0 Å². The molecule has 4 aliphatic carbocycles. The maximum absolute atomic E-state index is 13.2. The summed E-state index contributed by atoms with van der Waals surface area (Å²) in [5.41, 5.74) is -2.34. The third-order valence-electron chi connectivity index (χ3n) is 8.93. The van der Waals surface area contributed by atoms with Crippen LogP contribution < -0.4 is 0 Å². The summed E-state index contributed by atoms with van der Waals surface area (Å²) in [7, 11) is 0. The Morgan fingerprint density at radius 1 is 1.04 bits per heavy atom. The molecule has 4 rings (SSSR count). The maximum atomic E-state index is 13.2. The van der Waals surface area contributed by atoms with E-state index in [1.807, 2.05) is 6.92 Å². The minimum atomic E-state index is -1.18. The first-order valence-electron chi connectivity index (χ1n) is 9.60. The fourth-order valence-electron chi connectivity index (χ4n) is 7.74. The van der Waals surface area contributed by atoms with Crippen molar-refractivity contribution in [2.75, 3.05) is 0 Å². The van der Waals surface area contributed by atoms with E-state index < -0.39 is 22.4 Å². The first kappa shape index (κ1) is 16.6. The molecule has 0 aromatic carbocycles. The van der Waals surface area contributed by atoms with E-state index in [4.69, 9.17) is 0 Å². The molecule has 0 aliphatic heterocycles. The highest BCUT2D eigenvalue weighted by Crippen LogP contribution is 2.71. The molecule has 0 saturated heterocycles. The van der Waals surface area contributed by atoms with Crippen LogP contribution in [0.3, 0.4) is 0 Å². The summed E-state index contributed by atoms with van der Waals surface area (Å²) in [5.74, 6) is -0.143. The van der Waals surface area contributed by atoms with Crippen molar-refractivity contribution in [2.45, 2.75) is 77.7 Å². The highest BCUT2D eigenvalue weighted by Gasteiger charge is 2.71. The number of aliphatic hydroxyl groups is 1.